The van der Waals surface area contributed by atoms with E-state index in [-0.39, 0.29) is 13.0 Å². The van der Waals surface area contributed by atoms with Crippen LogP contribution in [0.1, 0.15) is 17.5 Å². The number of aromatic nitrogens is 1. The van der Waals surface area contributed by atoms with Gasteiger partial charge in [0.25, 0.3) is 0 Å². The highest BCUT2D eigenvalue weighted by Crippen LogP contribution is 2.36. The lowest BCUT2D eigenvalue weighted by Gasteiger charge is -2.43. The van der Waals surface area contributed by atoms with Crippen molar-refractivity contribution in [1.82, 2.24) is 9.88 Å². The Labute approximate surface area is 153 Å². The molecule has 0 amide bonds. The van der Waals surface area contributed by atoms with E-state index >= 15 is 0 Å². The van der Waals surface area contributed by atoms with Crippen molar-refractivity contribution in [3.63, 3.8) is 0 Å². The SMILES string of the molecule is COc1cccc(C[C@@]2(C(=O)O)CN(Cc3cccnc3)CC[C@H]2O)c1. The summed E-state index contributed by atoms with van der Waals surface area (Å²) in [5.74, 6) is -0.288. The molecule has 6 heteroatoms. The van der Waals surface area contributed by atoms with Crippen LogP contribution >= 0.6 is 0 Å². The number of carbonyl (C=O) groups is 1. The first-order valence-corrected chi connectivity index (χ1v) is 8.69. The second-order valence-electron chi connectivity index (χ2n) is 6.87. The lowest BCUT2D eigenvalue weighted by molar-refractivity contribution is -0.163. The number of piperidine rings is 1. The third-order valence-corrected chi connectivity index (χ3v) is 5.07. The number of benzene rings is 1. The Bertz CT molecular complexity index is 752. The van der Waals surface area contributed by atoms with Crippen LogP contribution in [-0.2, 0) is 17.8 Å². The Hall–Kier alpha value is -2.44. The van der Waals surface area contributed by atoms with E-state index < -0.39 is 17.5 Å². The van der Waals surface area contributed by atoms with Crippen molar-refractivity contribution < 1.29 is 19.7 Å². The van der Waals surface area contributed by atoms with Crippen molar-refractivity contribution in [2.24, 2.45) is 5.41 Å². The highest BCUT2D eigenvalue weighted by atomic mass is 16.5. The van der Waals surface area contributed by atoms with E-state index in [0.717, 1.165) is 11.1 Å². The van der Waals surface area contributed by atoms with Gasteiger partial charge in [-0.3, -0.25) is 14.7 Å². The zero-order valence-electron chi connectivity index (χ0n) is 14.8. The van der Waals surface area contributed by atoms with Gasteiger partial charge in [-0.2, -0.15) is 0 Å². The molecule has 0 radical (unpaired) electrons. The minimum atomic E-state index is -1.24. The van der Waals surface area contributed by atoms with Crippen LogP contribution in [0, 0.1) is 5.41 Å². The molecule has 0 saturated carbocycles. The maximum atomic E-state index is 12.2. The van der Waals surface area contributed by atoms with Crippen molar-refractivity contribution in [3.8, 4) is 5.75 Å². The van der Waals surface area contributed by atoms with Gasteiger partial charge in [-0.25, -0.2) is 0 Å². The summed E-state index contributed by atoms with van der Waals surface area (Å²) in [4.78, 5) is 18.4. The van der Waals surface area contributed by atoms with Gasteiger partial charge < -0.3 is 14.9 Å². The predicted molar refractivity (Wildman–Crippen MR) is 96.9 cm³/mol. The number of ether oxygens (including phenoxy) is 1. The largest absolute Gasteiger partial charge is 0.497 e. The summed E-state index contributed by atoms with van der Waals surface area (Å²) in [7, 11) is 1.58. The van der Waals surface area contributed by atoms with Gasteiger partial charge in [0.2, 0.25) is 0 Å². The highest BCUT2D eigenvalue weighted by molar-refractivity contribution is 5.76. The number of likely N-dealkylation sites (tertiary alicyclic amines) is 1. The van der Waals surface area contributed by atoms with Gasteiger partial charge in [0.1, 0.15) is 11.2 Å². The van der Waals surface area contributed by atoms with Crippen LogP contribution in [0.25, 0.3) is 0 Å². The van der Waals surface area contributed by atoms with Crippen molar-refractivity contribution >= 4 is 5.97 Å². The summed E-state index contributed by atoms with van der Waals surface area (Å²) < 4.78 is 5.24. The minimum absolute atomic E-state index is 0.254. The number of carboxylic acids is 1. The molecule has 2 atom stereocenters. The number of aliphatic hydroxyl groups excluding tert-OH is 1. The average Bonchev–Trinajstić information content (AvgIpc) is 2.65. The van der Waals surface area contributed by atoms with Gasteiger partial charge in [-0.05, 0) is 42.2 Å². The van der Waals surface area contributed by atoms with Gasteiger partial charge >= 0.3 is 5.97 Å². The Balaban J connectivity index is 1.83. The second-order valence-corrected chi connectivity index (χ2v) is 6.87. The third kappa shape index (κ3) is 3.86. The summed E-state index contributed by atoms with van der Waals surface area (Å²) in [6.07, 6.45) is 3.29. The van der Waals surface area contributed by atoms with Crippen LogP contribution in [0.5, 0.6) is 5.75 Å². The van der Waals surface area contributed by atoms with Crippen LogP contribution < -0.4 is 4.74 Å². The zero-order valence-corrected chi connectivity index (χ0v) is 14.8. The first kappa shape index (κ1) is 18.4. The van der Waals surface area contributed by atoms with E-state index in [1.165, 1.54) is 0 Å². The number of pyridine rings is 1. The van der Waals surface area contributed by atoms with E-state index in [1.807, 2.05) is 36.4 Å². The van der Waals surface area contributed by atoms with E-state index in [2.05, 4.69) is 9.88 Å². The first-order valence-electron chi connectivity index (χ1n) is 8.69. The van der Waals surface area contributed by atoms with Crippen molar-refractivity contribution in [1.29, 1.82) is 0 Å². The number of nitrogens with zero attached hydrogens (tertiary/aromatic N) is 2. The fraction of sp³-hybridized carbons (Fsp3) is 0.400. The topological polar surface area (TPSA) is 82.9 Å². The molecular formula is C20H24N2O4. The van der Waals surface area contributed by atoms with Gasteiger partial charge in [0.05, 0.1) is 13.2 Å². The van der Waals surface area contributed by atoms with Gasteiger partial charge in [0, 0.05) is 32.0 Å². The molecule has 0 spiro atoms. The predicted octanol–water partition coefficient (Wildman–Crippen LogP) is 1.97. The van der Waals surface area contributed by atoms with Crippen molar-refractivity contribution in [2.45, 2.75) is 25.5 Å². The molecule has 0 aliphatic carbocycles. The normalized spacial score (nSPS) is 23.5. The molecule has 1 fully saturated rings. The smallest absolute Gasteiger partial charge is 0.313 e. The van der Waals surface area contributed by atoms with Crippen LogP contribution in [0.3, 0.4) is 0 Å². The molecule has 2 aromatic rings. The molecule has 3 rings (SSSR count). The third-order valence-electron chi connectivity index (χ3n) is 5.07. The summed E-state index contributed by atoms with van der Waals surface area (Å²) >= 11 is 0. The number of hydrogen-bond acceptors (Lipinski definition) is 5. The fourth-order valence-corrected chi connectivity index (χ4v) is 3.66. The summed E-state index contributed by atoms with van der Waals surface area (Å²) in [5, 5.41) is 20.6. The van der Waals surface area contributed by atoms with Crippen LogP contribution in [0.15, 0.2) is 48.8 Å². The zero-order chi connectivity index (χ0) is 18.6. The maximum absolute atomic E-state index is 12.2. The number of hydrogen-bond donors (Lipinski definition) is 2. The lowest BCUT2D eigenvalue weighted by atomic mass is 9.72. The van der Waals surface area contributed by atoms with Crippen molar-refractivity contribution in [2.75, 3.05) is 20.2 Å². The molecule has 1 aromatic heterocycles. The Kier molecular flexibility index (Phi) is 5.54. The molecule has 2 N–H and O–H groups in total. The minimum Gasteiger partial charge on any atom is -0.497 e. The number of aliphatic carboxylic acids is 1. The van der Waals surface area contributed by atoms with Crippen molar-refractivity contribution in [3.05, 3.63) is 59.9 Å². The van der Waals surface area contributed by atoms with Gasteiger partial charge in [-0.15, -0.1) is 0 Å². The van der Waals surface area contributed by atoms with E-state index in [9.17, 15) is 15.0 Å². The van der Waals surface area contributed by atoms with Gasteiger partial charge in [0.15, 0.2) is 0 Å². The van der Waals surface area contributed by atoms with Gasteiger partial charge in [-0.1, -0.05) is 18.2 Å². The molecule has 1 saturated heterocycles. The molecule has 0 bridgehead atoms. The molecule has 0 unspecified atom stereocenters. The number of rotatable bonds is 6. The average molecular weight is 356 g/mol. The number of aliphatic hydroxyl groups is 1. The standard InChI is InChI=1S/C20H24N2O4/c1-26-17-6-2-4-15(10-17)11-20(19(24)25)14-22(9-7-18(20)23)13-16-5-3-8-21-12-16/h2-6,8,10,12,18,23H,7,9,11,13-14H2,1H3,(H,24,25)/t18-,20-/m1/s1. The van der Waals surface area contributed by atoms with E-state index in [1.54, 1.807) is 19.5 Å². The molecule has 2 heterocycles. The first-order chi connectivity index (χ1) is 12.5. The summed E-state index contributed by atoms with van der Waals surface area (Å²) in [6, 6.07) is 11.2. The highest BCUT2D eigenvalue weighted by Gasteiger charge is 2.49. The Morgan fingerprint density at radius 2 is 2.15 bits per heavy atom. The van der Waals surface area contributed by atoms with Crippen LogP contribution in [-0.4, -0.2) is 52.4 Å². The summed E-state index contributed by atoms with van der Waals surface area (Å²) in [6.45, 7) is 1.56. The Morgan fingerprint density at radius 1 is 1.35 bits per heavy atom. The maximum Gasteiger partial charge on any atom is 0.313 e. The molecule has 138 valence electrons. The fourth-order valence-electron chi connectivity index (χ4n) is 3.66. The monoisotopic (exact) mass is 356 g/mol. The quantitative estimate of drug-likeness (QED) is 0.823. The van der Waals surface area contributed by atoms with E-state index in [0.29, 0.717) is 25.3 Å². The molecular weight excluding hydrogens is 332 g/mol. The molecule has 1 aliphatic heterocycles. The van der Waals surface area contributed by atoms with E-state index in [4.69, 9.17) is 4.74 Å². The number of carboxylic acid groups (broad SMARTS) is 1. The second kappa shape index (κ2) is 7.85. The Morgan fingerprint density at radius 3 is 2.85 bits per heavy atom. The molecule has 1 aliphatic rings. The number of methoxy groups -OCH3 is 1. The molecule has 1 aromatic carbocycles. The lowest BCUT2D eigenvalue weighted by Crippen LogP contribution is -2.56. The van der Waals surface area contributed by atoms with Crippen LogP contribution in [0.2, 0.25) is 0 Å². The molecule has 6 nitrogen and oxygen atoms in total. The van der Waals surface area contributed by atoms with Crippen LogP contribution in [0.4, 0.5) is 0 Å². The summed E-state index contributed by atoms with van der Waals surface area (Å²) in [5.41, 5.74) is 0.630. The molecule has 26 heavy (non-hydrogen) atoms.